The lowest BCUT2D eigenvalue weighted by atomic mass is 10.1. The molecule has 0 aliphatic heterocycles. The maximum atomic E-state index is 13.4. The van der Waals surface area contributed by atoms with Crippen LogP contribution >= 0.6 is 0 Å². The summed E-state index contributed by atoms with van der Waals surface area (Å²) in [6.07, 6.45) is 1.38. The highest BCUT2D eigenvalue weighted by Gasteiger charge is 2.14. The smallest absolute Gasteiger partial charge is 0.338 e. The van der Waals surface area contributed by atoms with E-state index in [2.05, 4.69) is 15.0 Å². The van der Waals surface area contributed by atoms with Crippen LogP contribution < -0.4 is 0 Å². The summed E-state index contributed by atoms with van der Waals surface area (Å²) in [5.74, 6) is -1.04. The van der Waals surface area contributed by atoms with Crippen molar-refractivity contribution in [3.8, 4) is 11.4 Å². The zero-order chi connectivity index (χ0) is 14.3. The maximum Gasteiger partial charge on any atom is 0.338 e. The lowest BCUT2D eigenvalue weighted by Crippen LogP contribution is -1.97. The van der Waals surface area contributed by atoms with E-state index in [4.69, 9.17) is 5.11 Å². The molecule has 0 fully saturated rings. The van der Waals surface area contributed by atoms with Crippen LogP contribution in [0.15, 0.2) is 30.5 Å². The van der Waals surface area contributed by atoms with Crippen molar-refractivity contribution in [1.82, 2.24) is 15.0 Å². The maximum absolute atomic E-state index is 13.4. The summed E-state index contributed by atoms with van der Waals surface area (Å²) in [6.45, 7) is 1.77. The Morgan fingerprint density at radius 2 is 2.15 bits per heavy atom. The summed E-state index contributed by atoms with van der Waals surface area (Å²) >= 11 is 0. The van der Waals surface area contributed by atoms with E-state index in [1.165, 1.54) is 24.4 Å². The molecule has 0 spiro atoms. The third-order valence-corrected chi connectivity index (χ3v) is 2.94. The van der Waals surface area contributed by atoms with E-state index in [9.17, 15) is 9.18 Å². The number of pyridine rings is 1. The minimum atomic E-state index is -1.07. The molecule has 0 radical (unpaired) electrons. The Hall–Kier alpha value is -2.76. The van der Waals surface area contributed by atoms with Gasteiger partial charge in [0.1, 0.15) is 11.6 Å². The molecule has 2 heterocycles. The van der Waals surface area contributed by atoms with Crippen LogP contribution in [0.1, 0.15) is 15.9 Å². The Kier molecular flexibility index (Phi) is 2.71. The number of rotatable bonds is 2. The van der Waals surface area contributed by atoms with Gasteiger partial charge in [0, 0.05) is 11.8 Å². The second-order valence-electron chi connectivity index (χ2n) is 4.46. The highest BCUT2D eigenvalue weighted by molar-refractivity contribution is 6.00. The lowest BCUT2D eigenvalue weighted by molar-refractivity contribution is 0.0698. The summed E-state index contributed by atoms with van der Waals surface area (Å²) in [4.78, 5) is 22.3. The Morgan fingerprint density at radius 3 is 2.85 bits per heavy atom. The van der Waals surface area contributed by atoms with Crippen molar-refractivity contribution in [2.45, 2.75) is 6.92 Å². The van der Waals surface area contributed by atoms with Crippen molar-refractivity contribution in [2.75, 3.05) is 0 Å². The predicted molar refractivity (Wildman–Crippen MR) is 71.0 cm³/mol. The van der Waals surface area contributed by atoms with E-state index in [1.807, 2.05) is 0 Å². The minimum Gasteiger partial charge on any atom is -0.478 e. The van der Waals surface area contributed by atoms with Gasteiger partial charge >= 0.3 is 5.97 Å². The number of aromatic carboxylic acids is 1. The number of aromatic nitrogens is 3. The SMILES string of the molecule is Cc1cc(F)cc(-c2nc3nccc(C(=O)O)c3[nH]2)c1. The molecule has 1 aromatic carbocycles. The third-order valence-electron chi connectivity index (χ3n) is 2.94. The predicted octanol–water partition coefficient (Wildman–Crippen LogP) is 2.77. The second kappa shape index (κ2) is 4.41. The molecular weight excluding hydrogens is 261 g/mol. The number of hydrogen-bond acceptors (Lipinski definition) is 3. The summed E-state index contributed by atoms with van der Waals surface area (Å²) < 4.78 is 13.4. The van der Waals surface area contributed by atoms with Gasteiger partial charge in [-0.2, -0.15) is 0 Å². The molecule has 20 heavy (non-hydrogen) atoms. The van der Waals surface area contributed by atoms with Gasteiger partial charge in [0.05, 0.1) is 11.1 Å². The first-order valence-corrected chi connectivity index (χ1v) is 5.90. The van der Waals surface area contributed by atoms with Crippen molar-refractivity contribution >= 4 is 17.1 Å². The van der Waals surface area contributed by atoms with Crippen molar-refractivity contribution in [3.05, 3.63) is 47.4 Å². The summed E-state index contributed by atoms with van der Waals surface area (Å²) in [6, 6.07) is 5.91. The number of aromatic amines is 1. The number of imidazole rings is 1. The summed E-state index contributed by atoms with van der Waals surface area (Å²) in [5.41, 5.74) is 2.02. The highest BCUT2D eigenvalue weighted by atomic mass is 19.1. The van der Waals surface area contributed by atoms with Gasteiger partial charge in [-0.1, -0.05) is 0 Å². The topological polar surface area (TPSA) is 78.9 Å². The highest BCUT2D eigenvalue weighted by Crippen LogP contribution is 2.23. The van der Waals surface area contributed by atoms with Gasteiger partial charge in [0.25, 0.3) is 0 Å². The first-order valence-electron chi connectivity index (χ1n) is 5.90. The molecule has 100 valence electrons. The first-order chi connectivity index (χ1) is 9.54. The van der Waals surface area contributed by atoms with E-state index in [0.29, 0.717) is 22.6 Å². The molecule has 6 heteroatoms. The van der Waals surface area contributed by atoms with E-state index in [0.717, 1.165) is 5.56 Å². The van der Waals surface area contributed by atoms with Crippen LogP contribution in [0.2, 0.25) is 0 Å². The molecule has 0 atom stereocenters. The molecule has 2 N–H and O–H groups in total. The third kappa shape index (κ3) is 2.01. The number of hydrogen-bond donors (Lipinski definition) is 2. The molecule has 2 aromatic heterocycles. The normalized spacial score (nSPS) is 10.9. The average molecular weight is 271 g/mol. The second-order valence-corrected chi connectivity index (χ2v) is 4.46. The van der Waals surface area contributed by atoms with Gasteiger partial charge < -0.3 is 10.1 Å². The number of carbonyl (C=O) groups is 1. The molecule has 0 aliphatic carbocycles. The lowest BCUT2D eigenvalue weighted by Gasteiger charge is -1.99. The quantitative estimate of drug-likeness (QED) is 0.751. The van der Waals surface area contributed by atoms with E-state index >= 15 is 0 Å². The number of fused-ring (bicyclic) bond motifs is 1. The van der Waals surface area contributed by atoms with Crippen molar-refractivity contribution < 1.29 is 14.3 Å². The molecule has 0 bridgehead atoms. The van der Waals surface area contributed by atoms with Crippen molar-refractivity contribution in [1.29, 1.82) is 0 Å². The van der Waals surface area contributed by atoms with Gasteiger partial charge in [-0.15, -0.1) is 0 Å². The Morgan fingerprint density at radius 1 is 1.35 bits per heavy atom. The van der Waals surface area contributed by atoms with Crippen molar-refractivity contribution in [2.24, 2.45) is 0 Å². The average Bonchev–Trinajstić information content (AvgIpc) is 2.80. The largest absolute Gasteiger partial charge is 0.478 e. The molecule has 0 saturated heterocycles. The molecule has 0 saturated carbocycles. The number of halogens is 1. The van der Waals surface area contributed by atoms with Gasteiger partial charge in [0.15, 0.2) is 5.65 Å². The minimum absolute atomic E-state index is 0.0851. The Bertz CT molecular complexity index is 806. The fourth-order valence-corrected chi connectivity index (χ4v) is 2.10. The molecule has 0 aliphatic rings. The van der Waals surface area contributed by atoms with Crippen molar-refractivity contribution in [3.63, 3.8) is 0 Å². The standard InChI is InChI=1S/C14H10FN3O2/c1-7-4-8(6-9(15)5-7)12-17-11-10(14(19)20)2-3-16-13(11)18-12/h2-6H,1H3,(H,19,20)(H,16,17,18). The van der Waals surface area contributed by atoms with E-state index in [-0.39, 0.29) is 11.4 Å². The number of H-pyrrole nitrogens is 1. The fourth-order valence-electron chi connectivity index (χ4n) is 2.10. The number of carboxylic acid groups (broad SMARTS) is 1. The first kappa shape index (κ1) is 12.3. The molecular formula is C14H10FN3O2. The number of benzene rings is 1. The Labute approximate surface area is 113 Å². The van der Waals surface area contributed by atoms with Crippen LogP contribution in [0.3, 0.4) is 0 Å². The van der Waals surface area contributed by atoms with Crippen LogP contribution in [0.5, 0.6) is 0 Å². The molecule has 3 rings (SSSR count). The van der Waals surface area contributed by atoms with Gasteiger partial charge in [-0.05, 0) is 36.8 Å². The zero-order valence-corrected chi connectivity index (χ0v) is 10.5. The zero-order valence-electron chi connectivity index (χ0n) is 10.5. The Balaban J connectivity index is 2.23. The van der Waals surface area contributed by atoms with E-state index in [1.54, 1.807) is 13.0 Å². The van der Waals surface area contributed by atoms with Crippen LogP contribution in [-0.2, 0) is 0 Å². The molecule has 5 nitrogen and oxygen atoms in total. The molecule has 0 amide bonds. The van der Waals surface area contributed by atoms with Crippen LogP contribution in [0, 0.1) is 12.7 Å². The summed E-state index contributed by atoms with van der Waals surface area (Å²) in [5, 5.41) is 9.12. The fraction of sp³-hybridized carbons (Fsp3) is 0.0714. The van der Waals surface area contributed by atoms with Gasteiger partial charge in [-0.25, -0.2) is 19.2 Å². The van der Waals surface area contributed by atoms with E-state index < -0.39 is 5.97 Å². The molecule has 0 unspecified atom stereocenters. The number of aryl methyl sites for hydroxylation is 1. The summed E-state index contributed by atoms with van der Waals surface area (Å²) in [7, 11) is 0. The molecule has 3 aromatic rings. The van der Waals surface area contributed by atoms with Crippen LogP contribution in [0.25, 0.3) is 22.6 Å². The van der Waals surface area contributed by atoms with Gasteiger partial charge in [0.2, 0.25) is 0 Å². The monoisotopic (exact) mass is 271 g/mol. The number of nitrogens with zero attached hydrogens (tertiary/aromatic N) is 2. The van der Waals surface area contributed by atoms with Crippen LogP contribution in [0.4, 0.5) is 4.39 Å². The van der Waals surface area contributed by atoms with Crippen LogP contribution in [-0.4, -0.2) is 26.0 Å². The number of carboxylic acids is 1. The number of nitrogens with one attached hydrogen (secondary N) is 1. The van der Waals surface area contributed by atoms with Gasteiger partial charge in [-0.3, -0.25) is 0 Å².